The summed E-state index contributed by atoms with van der Waals surface area (Å²) in [5.41, 5.74) is 3.18. The Morgan fingerprint density at radius 2 is 2.33 bits per heavy atom. The Labute approximate surface area is 109 Å². The van der Waals surface area contributed by atoms with E-state index in [0.717, 1.165) is 5.76 Å². The van der Waals surface area contributed by atoms with E-state index in [4.69, 9.17) is 4.42 Å². The minimum absolute atomic E-state index is 0.198. The van der Waals surface area contributed by atoms with E-state index in [-0.39, 0.29) is 5.91 Å². The molecule has 4 nitrogen and oxygen atoms in total. The number of rotatable bonds is 4. The summed E-state index contributed by atoms with van der Waals surface area (Å²) in [4.78, 5) is 12.2. The van der Waals surface area contributed by atoms with Gasteiger partial charge in [-0.3, -0.25) is 4.79 Å². The number of hydrazone groups is 1. The van der Waals surface area contributed by atoms with Crippen LogP contribution in [0.5, 0.6) is 0 Å². The molecular formula is C13H12N2O2S. The fourth-order valence-electron chi connectivity index (χ4n) is 1.23. The van der Waals surface area contributed by atoms with Gasteiger partial charge >= 0.3 is 0 Å². The van der Waals surface area contributed by atoms with Crippen molar-refractivity contribution in [1.82, 2.24) is 5.43 Å². The molecule has 0 fully saturated rings. The molecule has 0 aromatic carbocycles. The summed E-state index contributed by atoms with van der Waals surface area (Å²) in [7, 11) is 0. The molecule has 0 spiro atoms. The number of hydrogen-bond acceptors (Lipinski definition) is 4. The highest BCUT2D eigenvalue weighted by molar-refractivity contribution is 7.12. The second-order valence-corrected chi connectivity index (χ2v) is 4.47. The lowest BCUT2D eigenvalue weighted by Crippen LogP contribution is -2.17. The number of thiophene rings is 1. The Morgan fingerprint density at radius 1 is 1.44 bits per heavy atom. The molecule has 0 aliphatic carbocycles. The second-order valence-electron chi connectivity index (χ2n) is 3.52. The molecule has 0 unspecified atom stereocenters. The third-order valence-electron chi connectivity index (χ3n) is 2.11. The zero-order valence-corrected chi connectivity index (χ0v) is 10.6. The van der Waals surface area contributed by atoms with Gasteiger partial charge in [0.1, 0.15) is 5.76 Å². The van der Waals surface area contributed by atoms with Crippen molar-refractivity contribution < 1.29 is 9.21 Å². The van der Waals surface area contributed by atoms with Crippen LogP contribution in [0.3, 0.4) is 0 Å². The van der Waals surface area contributed by atoms with Crippen molar-refractivity contribution >= 4 is 29.0 Å². The zero-order valence-electron chi connectivity index (χ0n) is 9.79. The van der Waals surface area contributed by atoms with Crippen molar-refractivity contribution in [2.45, 2.75) is 6.92 Å². The first-order valence-corrected chi connectivity index (χ1v) is 6.23. The molecule has 0 aliphatic rings. The van der Waals surface area contributed by atoms with Crippen LogP contribution in [-0.4, -0.2) is 11.6 Å². The smallest absolute Gasteiger partial charge is 0.281 e. The molecule has 0 saturated carbocycles. The Morgan fingerprint density at radius 3 is 3.00 bits per heavy atom. The number of carbonyl (C=O) groups is 1. The maximum Gasteiger partial charge on any atom is 0.281 e. The van der Waals surface area contributed by atoms with Crippen molar-refractivity contribution in [3.63, 3.8) is 0 Å². The molecule has 5 heteroatoms. The minimum Gasteiger partial charge on any atom is -0.465 e. The first-order valence-electron chi connectivity index (χ1n) is 5.35. The molecule has 2 aromatic heterocycles. The van der Waals surface area contributed by atoms with Gasteiger partial charge < -0.3 is 4.42 Å². The lowest BCUT2D eigenvalue weighted by atomic mass is 10.3. The van der Waals surface area contributed by atoms with Gasteiger partial charge in [-0.05, 0) is 42.7 Å². The van der Waals surface area contributed by atoms with E-state index in [1.807, 2.05) is 23.6 Å². The average molecular weight is 260 g/mol. The van der Waals surface area contributed by atoms with E-state index in [2.05, 4.69) is 10.5 Å². The standard InChI is InChI=1S/C13H12N2O2S/c1-10(6-7-11-4-2-8-17-11)14-15-13(16)12-5-3-9-18-12/h2-9H,1H3,(H,15,16)/b7-6+,14-10+. The van der Waals surface area contributed by atoms with Crippen LogP contribution >= 0.6 is 11.3 Å². The van der Waals surface area contributed by atoms with Crippen LogP contribution in [0.15, 0.2) is 51.5 Å². The van der Waals surface area contributed by atoms with Gasteiger partial charge in [-0.25, -0.2) is 5.43 Å². The minimum atomic E-state index is -0.198. The topological polar surface area (TPSA) is 54.6 Å². The van der Waals surface area contributed by atoms with Crippen molar-refractivity contribution in [3.05, 3.63) is 52.6 Å². The number of nitrogens with one attached hydrogen (secondary N) is 1. The van der Waals surface area contributed by atoms with Gasteiger partial charge in [0.15, 0.2) is 0 Å². The van der Waals surface area contributed by atoms with Crippen molar-refractivity contribution in [2.75, 3.05) is 0 Å². The van der Waals surface area contributed by atoms with E-state index < -0.39 is 0 Å². The fraction of sp³-hybridized carbons (Fsp3) is 0.0769. The largest absolute Gasteiger partial charge is 0.465 e. The number of carbonyl (C=O) groups excluding carboxylic acids is 1. The molecular weight excluding hydrogens is 248 g/mol. The third-order valence-corrected chi connectivity index (χ3v) is 2.98. The fourth-order valence-corrected chi connectivity index (χ4v) is 1.84. The Balaban J connectivity index is 1.91. The molecule has 92 valence electrons. The van der Waals surface area contributed by atoms with E-state index in [1.54, 1.807) is 31.4 Å². The van der Waals surface area contributed by atoms with Gasteiger partial charge in [-0.1, -0.05) is 6.07 Å². The summed E-state index contributed by atoms with van der Waals surface area (Å²) in [6, 6.07) is 7.23. The molecule has 0 radical (unpaired) electrons. The molecule has 0 aliphatic heterocycles. The molecule has 0 bridgehead atoms. The van der Waals surface area contributed by atoms with E-state index >= 15 is 0 Å². The van der Waals surface area contributed by atoms with Crippen molar-refractivity contribution in [3.8, 4) is 0 Å². The molecule has 0 atom stereocenters. The second kappa shape index (κ2) is 5.97. The van der Waals surface area contributed by atoms with Crippen LogP contribution in [0.1, 0.15) is 22.4 Å². The van der Waals surface area contributed by atoms with E-state index in [0.29, 0.717) is 10.6 Å². The van der Waals surface area contributed by atoms with Gasteiger partial charge in [0.05, 0.1) is 16.9 Å². The summed E-state index contributed by atoms with van der Waals surface area (Å²) >= 11 is 1.38. The average Bonchev–Trinajstić information content (AvgIpc) is 3.05. The first-order chi connectivity index (χ1) is 8.75. The van der Waals surface area contributed by atoms with Crippen LogP contribution in [0.4, 0.5) is 0 Å². The SMILES string of the molecule is CC(/C=C/c1ccco1)=N\NC(=O)c1cccs1. The molecule has 2 aromatic rings. The number of allylic oxidation sites excluding steroid dienone is 1. The quantitative estimate of drug-likeness (QED) is 0.678. The monoisotopic (exact) mass is 260 g/mol. The molecule has 2 heterocycles. The van der Waals surface area contributed by atoms with Gasteiger partial charge in [0.2, 0.25) is 0 Å². The predicted molar refractivity (Wildman–Crippen MR) is 72.6 cm³/mol. The highest BCUT2D eigenvalue weighted by Crippen LogP contribution is 2.07. The number of amides is 1. The number of hydrogen-bond donors (Lipinski definition) is 1. The third kappa shape index (κ3) is 3.43. The summed E-state index contributed by atoms with van der Waals surface area (Å²) in [5, 5.41) is 5.82. The van der Waals surface area contributed by atoms with Crippen LogP contribution in [-0.2, 0) is 0 Å². The highest BCUT2D eigenvalue weighted by Gasteiger charge is 2.03. The van der Waals surface area contributed by atoms with Gasteiger partial charge in [-0.15, -0.1) is 11.3 Å². The Bertz CT molecular complexity index is 554. The number of furan rings is 1. The molecule has 1 N–H and O–H groups in total. The lowest BCUT2D eigenvalue weighted by Gasteiger charge is -1.96. The molecule has 0 saturated heterocycles. The highest BCUT2D eigenvalue weighted by atomic mass is 32.1. The maximum absolute atomic E-state index is 11.6. The molecule has 2 rings (SSSR count). The first kappa shape index (κ1) is 12.3. The zero-order chi connectivity index (χ0) is 12.8. The van der Waals surface area contributed by atoms with Crippen LogP contribution in [0, 0.1) is 0 Å². The van der Waals surface area contributed by atoms with Gasteiger partial charge in [-0.2, -0.15) is 5.10 Å². The van der Waals surface area contributed by atoms with Gasteiger partial charge in [0.25, 0.3) is 5.91 Å². The van der Waals surface area contributed by atoms with Crippen LogP contribution in [0.25, 0.3) is 6.08 Å². The van der Waals surface area contributed by atoms with Crippen LogP contribution < -0.4 is 5.43 Å². The summed E-state index contributed by atoms with van der Waals surface area (Å²) in [6.07, 6.45) is 5.16. The van der Waals surface area contributed by atoms with E-state index in [9.17, 15) is 4.79 Å². The molecule has 1 amide bonds. The van der Waals surface area contributed by atoms with Crippen LogP contribution in [0.2, 0.25) is 0 Å². The Kier molecular flexibility index (Phi) is 4.09. The number of nitrogens with zero attached hydrogens (tertiary/aromatic N) is 1. The molecule has 18 heavy (non-hydrogen) atoms. The van der Waals surface area contributed by atoms with E-state index in [1.165, 1.54) is 11.3 Å². The van der Waals surface area contributed by atoms with Crippen molar-refractivity contribution in [2.24, 2.45) is 5.10 Å². The van der Waals surface area contributed by atoms with Gasteiger partial charge in [0, 0.05) is 0 Å². The summed E-state index contributed by atoms with van der Waals surface area (Å²) < 4.78 is 5.14. The normalized spacial score (nSPS) is 11.9. The predicted octanol–water partition coefficient (Wildman–Crippen LogP) is 3.16. The Hall–Kier alpha value is -2.14. The lowest BCUT2D eigenvalue weighted by molar-refractivity contribution is 0.0959. The summed E-state index contributed by atoms with van der Waals surface area (Å²) in [5.74, 6) is 0.546. The summed E-state index contributed by atoms with van der Waals surface area (Å²) in [6.45, 7) is 1.80. The maximum atomic E-state index is 11.6. The van der Waals surface area contributed by atoms with Crippen molar-refractivity contribution in [1.29, 1.82) is 0 Å².